The van der Waals surface area contributed by atoms with Crippen LogP contribution in [0.2, 0.25) is 0 Å². The Kier molecular flexibility index (Phi) is 5.27. The molecule has 0 bridgehead atoms. The Morgan fingerprint density at radius 3 is 3.10 bits per heavy atom. The molecule has 1 heterocycles. The number of carbonyl (C=O) groups excluding carboxylic acids is 1. The van der Waals surface area contributed by atoms with Crippen LogP contribution in [-0.4, -0.2) is 25.1 Å². The van der Waals surface area contributed by atoms with Crippen LogP contribution in [0.5, 0.6) is 5.75 Å². The van der Waals surface area contributed by atoms with E-state index >= 15 is 0 Å². The van der Waals surface area contributed by atoms with Crippen molar-refractivity contribution in [2.24, 2.45) is 5.92 Å². The van der Waals surface area contributed by atoms with Gasteiger partial charge in [0.15, 0.2) is 0 Å². The highest BCUT2D eigenvalue weighted by molar-refractivity contribution is 5.77. The van der Waals surface area contributed by atoms with Gasteiger partial charge in [-0.2, -0.15) is 0 Å². The molecule has 1 amide bonds. The Morgan fingerprint density at radius 2 is 2.30 bits per heavy atom. The van der Waals surface area contributed by atoms with Crippen molar-refractivity contribution < 1.29 is 9.53 Å². The highest BCUT2D eigenvalue weighted by atomic mass is 16.5. The van der Waals surface area contributed by atoms with Crippen LogP contribution in [0.1, 0.15) is 33.1 Å². The number of carbonyl (C=O) groups is 1. The van der Waals surface area contributed by atoms with Gasteiger partial charge in [0, 0.05) is 30.8 Å². The Hall–Kier alpha value is -1.71. The predicted molar refractivity (Wildman–Crippen MR) is 81.0 cm³/mol. The summed E-state index contributed by atoms with van der Waals surface area (Å²) in [5, 5.41) is 6.34. The average Bonchev–Trinajstić information content (AvgIpc) is 2.61. The minimum absolute atomic E-state index is 0.132. The van der Waals surface area contributed by atoms with E-state index in [1.807, 2.05) is 24.3 Å². The second-order valence-corrected chi connectivity index (χ2v) is 5.77. The molecular weight excluding hydrogens is 252 g/mol. The zero-order valence-electron chi connectivity index (χ0n) is 12.3. The van der Waals surface area contributed by atoms with Gasteiger partial charge in [0.05, 0.1) is 6.61 Å². The van der Waals surface area contributed by atoms with Crippen molar-refractivity contribution in [3.05, 3.63) is 24.3 Å². The zero-order chi connectivity index (χ0) is 14.4. The van der Waals surface area contributed by atoms with Crippen molar-refractivity contribution in [1.82, 2.24) is 5.32 Å². The number of amides is 1. The van der Waals surface area contributed by atoms with Crippen LogP contribution in [0, 0.1) is 5.92 Å². The molecule has 1 atom stereocenters. The van der Waals surface area contributed by atoms with E-state index in [-0.39, 0.29) is 11.9 Å². The Bertz CT molecular complexity index is 446. The molecule has 0 radical (unpaired) electrons. The molecule has 0 aliphatic carbocycles. The lowest BCUT2D eigenvalue weighted by molar-refractivity contribution is -0.120. The maximum atomic E-state index is 11.6. The molecule has 2 N–H and O–H groups in total. The molecule has 0 aromatic heterocycles. The predicted octanol–water partition coefficient (Wildman–Crippen LogP) is 2.80. The van der Waals surface area contributed by atoms with Crippen LogP contribution in [0.3, 0.4) is 0 Å². The number of ether oxygens (including phenoxy) is 1. The number of rotatable bonds is 5. The van der Waals surface area contributed by atoms with E-state index in [0.29, 0.717) is 12.3 Å². The monoisotopic (exact) mass is 276 g/mol. The topological polar surface area (TPSA) is 50.4 Å². The summed E-state index contributed by atoms with van der Waals surface area (Å²) in [7, 11) is 0. The van der Waals surface area contributed by atoms with E-state index < -0.39 is 0 Å². The summed E-state index contributed by atoms with van der Waals surface area (Å²) < 4.78 is 5.72. The van der Waals surface area contributed by atoms with Gasteiger partial charge in [0.25, 0.3) is 0 Å². The van der Waals surface area contributed by atoms with Crippen LogP contribution in [0.4, 0.5) is 5.69 Å². The second-order valence-electron chi connectivity index (χ2n) is 5.77. The summed E-state index contributed by atoms with van der Waals surface area (Å²) in [5.41, 5.74) is 1.02. The molecule has 110 valence electrons. The fourth-order valence-corrected chi connectivity index (χ4v) is 2.27. The second kappa shape index (κ2) is 7.17. The van der Waals surface area contributed by atoms with Crippen LogP contribution >= 0.6 is 0 Å². The van der Waals surface area contributed by atoms with Crippen molar-refractivity contribution >= 4 is 11.6 Å². The Morgan fingerprint density at radius 1 is 1.45 bits per heavy atom. The first-order valence-corrected chi connectivity index (χ1v) is 7.39. The minimum Gasteiger partial charge on any atom is -0.493 e. The molecule has 1 aromatic rings. The minimum atomic E-state index is 0.132. The lowest BCUT2D eigenvalue weighted by atomic mass is 10.1. The molecule has 1 unspecified atom stereocenters. The van der Waals surface area contributed by atoms with Gasteiger partial charge in [-0.1, -0.05) is 19.9 Å². The molecule has 1 fully saturated rings. The molecule has 20 heavy (non-hydrogen) atoms. The van der Waals surface area contributed by atoms with Crippen LogP contribution in [0.15, 0.2) is 24.3 Å². The van der Waals surface area contributed by atoms with Gasteiger partial charge < -0.3 is 15.4 Å². The standard InChI is InChI=1S/C16H24N2O2/c1-12(2)11-20-15-7-3-5-13(9-15)18-14-6-4-8-17-16(19)10-14/h3,5,7,9,12,14,18H,4,6,8,10-11H2,1-2H3,(H,17,19). The highest BCUT2D eigenvalue weighted by Gasteiger charge is 2.17. The molecule has 4 heteroatoms. The number of nitrogens with one attached hydrogen (secondary N) is 2. The molecule has 1 aromatic carbocycles. The van der Waals surface area contributed by atoms with Crippen molar-refractivity contribution in [3.63, 3.8) is 0 Å². The average molecular weight is 276 g/mol. The molecular formula is C16H24N2O2. The van der Waals surface area contributed by atoms with Gasteiger partial charge in [0.1, 0.15) is 5.75 Å². The highest BCUT2D eigenvalue weighted by Crippen LogP contribution is 2.20. The molecule has 2 rings (SSSR count). The molecule has 0 saturated carbocycles. The van der Waals surface area contributed by atoms with E-state index in [0.717, 1.165) is 37.4 Å². The summed E-state index contributed by atoms with van der Waals surface area (Å²) >= 11 is 0. The summed E-state index contributed by atoms with van der Waals surface area (Å²) in [4.78, 5) is 11.6. The maximum Gasteiger partial charge on any atom is 0.222 e. The first-order valence-electron chi connectivity index (χ1n) is 7.39. The summed E-state index contributed by atoms with van der Waals surface area (Å²) in [6.45, 7) is 5.77. The lowest BCUT2D eigenvalue weighted by Crippen LogP contribution is -2.26. The SMILES string of the molecule is CC(C)COc1cccc(NC2CCCNC(=O)C2)c1. The maximum absolute atomic E-state index is 11.6. The largest absolute Gasteiger partial charge is 0.493 e. The fourth-order valence-electron chi connectivity index (χ4n) is 2.27. The number of anilines is 1. The summed E-state index contributed by atoms with van der Waals surface area (Å²) in [6.07, 6.45) is 2.57. The number of hydrogen-bond donors (Lipinski definition) is 2. The molecule has 4 nitrogen and oxygen atoms in total. The summed E-state index contributed by atoms with van der Waals surface area (Å²) in [6, 6.07) is 8.18. The van der Waals surface area contributed by atoms with E-state index in [4.69, 9.17) is 4.74 Å². The fraction of sp³-hybridized carbons (Fsp3) is 0.562. The third-order valence-electron chi connectivity index (χ3n) is 3.27. The van der Waals surface area contributed by atoms with Gasteiger partial charge in [-0.05, 0) is 30.9 Å². The van der Waals surface area contributed by atoms with Crippen molar-refractivity contribution in [3.8, 4) is 5.75 Å². The summed E-state index contributed by atoms with van der Waals surface area (Å²) in [5.74, 6) is 1.52. The van der Waals surface area contributed by atoms with Crippen LogP contribution in [0.25, 0.3) is 0 Å². The van der Waals surface area contributed by atoms with Crippen molar-refractivity contribution in [2.75, 3.05) is 18.5 Å². The molecule has 1 aliphatic rings. The molecule has 1 aliphatic heterocycles. The van der Waals surface area contributed by atoms with Gasteiger partial charge in [-0.25, -0.2) is 0 Å². The quantitative estimate of drug-likeness (QED) is 0.869. The first kappa shape index (κ1) is 14.7. The van der Waals surface area contributed by atoms with Crippen molar-refractivity contribution in [2.45, 2.75) is 39.2 Å². The zero-order valence-corrected chi connectivity index (χ0v) is 12.3. The van der Waals surface area contributed by atoms with Crippen molar-refractivity contribution in [1.29, 1.82) is 0 Å². The van der Waals surface area contributed by atoms with Gasteiger partial charge in [-0.15, -0.1) is 0 Å². The normalized spacial score (nSPS) is 19.4. The smallest absolute Gasteiger partial charge is 0.222 e. The van der Waals surface area contributed by atoms with Gasteiger partial charge in [0.2, 0.25) is 5.91 Å². The van der Waals surface area contributed by atoms with E-state index in [9.17, 15) is 4.79 Å². The molecule has 0 spiro atoms. The Labute approximate surface area is 120 Å². The van der Waals surface area contributed by atoms with Gasteiger partial charge in [-0.3, -0.25) is 4.79 Å². The lowest BCUT2D eigenvalue weighted by Gasteiger charge is -2.17. The van der Waals surface area contributed by atoms with Crippen LogP contribution < -0.4 is 15.4 Å². The third-order valence-corrected chi connectivity index (χ3v) is 3.27. The third kappa shape index (κ3) is 4.76. The van der Waals surface area contributed by atoms with E-state index in [1.165, 1.54) is 0 Å². The number of benzene rings is 1. The van der Waals surface area contributed by atoms with Gasteiger partial charge >= 0.3 is 0 Å². The molecule has 1 saturated heterocycles. The van der Waals surface area contributed by atoms with E-state index in [1.54, 1.807) is 0 Å². The number of hydrogen-bond acceptors (Lipinski definition) is 3. The first-order chi connectivity index (χ1) is 9.63. The Balaban J connectivity index is 1.94. The van der Waals surface area contributed by atoms with Crippen LogP contribution in [-0.2, 0) is 4.79 Å². The van der Waals surface area contributed by atoms with E-state index in [2.05, 4.69) is 24.5 Å².